The number of hydrogen-bond acceptors (Lipinski definition) is 5. The van der Waals surface area contributed by atoms with Crippen LogP contribution in [0, 0.1) is 0 Å². The normalized spacial score (nSPS) is 17.1. The van der Waals surface area contributed by atoms with Crippen molar-refractivity contribution in [2.75, 3.05) is 23.7 Å². The minimum absolute atomic E-state index is 0.0321. The van der Waals surface area contributed by atoms with Gasteiger partial charge in [-0.15, -0.1) is 0 Å². The summed E-state index contributed by atoms with van der Waals surface area (Å²) in [4.78, 5) is 43.9. The van der Waals surface area contributed by atoms with Crippen LogP contribution in [0.2, 0.25) is 0 Å². The molecule has 0 fully saturated rings. The highest BCUT2D eigenvalue weighted by Crippen LogP contribution is 2.29. The lowest BCUT2D eigenvalue weighted by atomic mass is 9.90. The number of aryl methyl sites for hydroxylation is 1. The fraction of sp³-hybridized carbons (Fsp3) is 0.385. The zero-order valence-corrected chi connectivity index (χ0v) is 20.4. The first-order valence-corrected chi connectivity index (χ1v) is 12.7. The van der Waals surface area contributed by atoms with Gasteiger partial charge in [0, 0.05) is 36.4 Å². The summed E-state index contributed by atoms with van der Waals surface area (Å²) in [7, 11) is 0. The third-order valence-corrected chi connectivity index (χ3v) is 7.40. The SMILES string of the molecule is CCN(CC)C1=NC(=O)C(CC(=O)Nc2cccc(C(=O)Nc3cccc4c3CCCC4)c2)S1. The third kappa shape index (κ3) is 5.50. The molecule has 1 aliphatic heterocycles. The average molecular weight is 479 g/mol. The Morgan fingerprint density at radius 3 is 2.62 bits per heavy atom. The molecular weight excluding hydrogens is 448 g/mol. The number of amides is 3. The van der Waals surface area contributed by atoms with E-state index in [2.05, 4.69) is 21.7 Å². The summed E-state index contributed by atoms with van der Waals surface area (Å²) in [5.41, 5.74) is 4.37. The lowest BCUT2D eigenvalue weighted by molar-refractivity contribution is -0.121. The molecule has 0 saturated heterocycles. The minimum atomic E-state index is -0.522. The molecule has 0 bridgehead atoms. The Morgan fingerprint density at radius 1 is 1.06 bits per heavy atom. The maximum absolute atomic E-state index is 12.9. The van der Waals surface area contributed by atoms with Crippen molar-refractivity contribution in [1.82, 2.24) is 4.90 Å². The minimum Gasteiger partial charge on any atom is -0.352 e. The van der Waals surface area contributed by atoms with E-state index in [4.69, 9.17) is 0 Å². The third-order valence-electron chi connectivity index (χ3n) is 6.19. The lowest BCUT2D eigenvalue weighted by Gasteiger charge is -2.20. The van der Waals surface area contributed by atoms with Crippen LogP contribution in [0.5, 0.6) is 0 Å². The van der Waals surface area contributed by atoms with Gasteiger partial charge in [-0.1, -0.05) is 30.0 Å². The van der Waals surface area contributed by atoms with Crippen LogP contribution in [0.3, 0.4) is 0 Å². The first kappa shape index (κ1) is 24.0. The maximum Gasteiger partial charge on any atom is 0.262 e. The number of aliphatic imine (C=N–C) groups is 1. The number of carbonyl (C=O) groups excluding carboxylic acids is 3. The van der Waals surface area contributed by atoms with Gasteiger partial charge in [0.2, 0.25) is 5.91 Å². The molecule has 2 aromatic carbocycles. The first-order chi connectivity index (χ1) is 16.5. The summed E-state index contributed by atoms with van der Waals surface area (Å²) in [6, 6.07) is 12.9. The fourth-order valence-corrected chi connectivity index (χ4v) is 5.54. The van der Waals surface area contributed by atoms with Crippen molar-refractivity contribution in [2.45, 2.75) is 51.2 Å². The van der Waals surface area contributed by atoms with Crippen LogP contribution in [-0.2, 0) is 22.4 Å². The Balaban J connectivity index is 1.37. The molecular formula is C26H30N4O3S. The number of thioether (sulfide) groups is 1. The van der Waals surface area contributed by atoms with E-state index in [-0.39, 0.29) is 24.1 Å². The van der Waals surface area contributed by atoms with Crippen molar-refractivity contribution in [2.24, 2.45) is 4.99 Å². The number of benzene rings is 2. The van der Waals surface area contributed by atoms with E-state index in [9.17, 15) is 14.4 Å². The molecule has 4 rings (SSSR count). The summed E-state index contributed by atoms with van der Waals surface area (Å²) in [5.74, 6) is -0.772. The van der Waals surface area contributed by atoms with Gasteiger partial charge in [0.05, 0.1) is 0 Å². The van der Waals surface area contributed by atoms with Crippen molar-refractivity contribution in [3.8, 4) is 0 Å². The van der Waals surface area contributed by atoms with Crippen LogP contribution in [0.4, 0.5) is 11.4 Å². The smallest absolute Gasteiger partial charge is 0.262 e. The van der Waals surface area contributed by atoms with Crippen LogP contribution in [0.15, 0.2) is 47.5 Å². The van der Waals surface area contributed by atoms with Gasteiger partial charge in [-0.05, 0) is 74.9 Å². The van der Waals surface area contributed by atoms with Crippen LogP contribution >= 0.6 is 11.8 Å². The van der Waals surface area contributed by atoms with E-state index in [1.165, 1.54) is 29.3 Å². The zero-order chi connectivity index (χ0) is 24.1. The number of fused-ring (bicyclic) bond motifs is 1. The Hall–Kier alpha value is -3.13. The van der Waals surface area contributed by atoms with E-state index in [1.54, 1.807) is 24.3 Å². The second-order valence-electron chi connectivity index (χ2n) is 8.45. The Labute approximate surface area is 204 Å². The number of anilines is 2. The number of hydrogen-bond donors (Lipinski definition) is 2. The second-order valence-corrected chi connectivity index (χ2v) is 9.62. The fourth-order valence-electron chi connectivity index (χ4n) is 4.35. The van der Waals surface area contributed by atoms with Crippen molar-refractivity contribution in [3.05, 3.63) is 59.2 Å². The molecule has 8 heteroatoms. The van der Waals surface area contributed by atoms with Gasteiger partial charge in [-0.3, -0.25) is 14.4 Å². The van der Waals surface area contributed by atoms with Crippen molar-refractivity contribution in [1.29, 1.82) is 0 Å². The summed E-state index contributed by atoms with van der Waals surface area (Å²) < 4.78 is 0. The van der Waals surface area contributed by atoms with Crippen LogP contribution in [-0.4, -0.2) is 46.1 Å². The molecule has 7 nitrogen and oxygen atoms in total. The van der Waals surface area contributed by atoms with E-state index in [0.29, 0.717) is 16.4 Å². The van der Waals surface area contributed by atoms with Crippen LogP contribution in [0.1, 0.15) is 54.6 Å². The van der Waals surface area contributed by atoms with Gasteiger partial charge < -0.3 is 15.5 Å². The number of rotatable bonds is 7. The molecule has 2 aromatic rings. The van der Waals surface area contributed by atoms with Gasteiger partial charge in [-0.25, -0.2) is 0 Å². The standard InChI is InChI=1S/C26H30N4O3S/c1-3-30(4-2)26-29-25(33)22(34-26)16-23(31)27-19-12-7-11-18(15-19)24(32)28-21-14-8-10-17-9-5-6-13-20(17)21/h7-8,10-12,14-15,22H,3-6,9,13,16H2,1-2H3,(H,27,31)(H,28,32). The molecule has 1 unspecified atom stereocenters. The molecule has 0 radical (unpaired) electrons. The Kier molecular flexibility index (Phi) is 7.67. The van der Waals surface area contributed by atoms with Gasteiger partial charge in [0.1, 0.15) is 5.25 Å². The molecule has 1 aliphatic carbocycles. The van der Waals surface area contributed by atoms with Crippen molar-refractivity contribution in [3.63, 3.8) is 0 Å². The lowest BCUT2D eigenvalue weighted by Crippen LogP contribution is -2.27. The highest BCUT2D eigenvalue weighted by molar-refractivity contribution is 8.15. The molecule has 34 heavy (non-hydrogen) atoms. The average Bonchev–Trinajstić information content (AvgIpc) is 3.19. The highest BCUT2D eigenvalue weighted by Gasteiger charge is 2.32. The second kappa shape index (κ2) is 10.9. The van der Waals surface area contributed by atoms with Gasteiger partial charge in [-0.2, -0.15) is 4.99 Å². The van der Waals surface area contributed by atoms with E-state index in [0.717, 1.165) is 38.0 Å². The first-order valence-electron chi connectivity index (χ1n) is 11.8. The molecule has 3 amide bonds. The molecule has 0 aromatic heterocycles. The van der Waals surface area contributed by atoms with Crippen molar-refractivity contribution < 1.29 is 14.4 Å². The molecule has 2 N–H and O–H groups in total. The number of nitrogens with one attached hydrogen (secondary N) is 2. The maximum atomic E-state index is 12.9. The largest absolute Gasteiger partial charge is 0.352 e. The summed E-state index contributed by atoms with van der Waals surface area (Å²) in [6.45, 7) is 5.53. The molecule has 178 valence electrons. The predicted octanol–water partition coefficient (Wildman–Crippen LogP) is 4.49. The van der Waals surface area contributed by atoms with Gasteiger partial charge in [0.15, 0.2) is 5.17 Å². The Bertz CT molecular complexity index is 1130. The number of carbonyl (C=O) groups is 3. The van der Waals surface area contributed by atoms with Crippen LogP contribution in [0.25, 0.3) is 0 Å². The zero-order valence-electron chi connectivity index (χ0n) is 19.6. The molecule has 0 spiro atoms. The number of nitrogens with zero attached hydrogens (tertiary/aromatic N) is 2. The molecule has 1 atom stereocenters. The predicted molar refractivity (Wildman–Crippen MR) is 137 cm³/mol. The molecule has 2 aliphatic rings. The van der Waals surface area contributed by atoms with Gasteiger partial charge in [0.25, 0.3) is 11.8 Å². The molecule has 0 saturated carbocycles. The topological polar surface area (TPSA) is 90.9 Å². The quantitative estimate of drug-likeness (QED) is 0.612. The summed E-state index contributed by atoms with van der Waals surface area (Å²) in [5, 5.41) is 6.01. The Morgan fingerprint density at radius 2 is 1.82 bits per heavy atom. The van der Waals surface area contributed by atoms with Crippen LogP contribution < -0.4 is 10.6 Å². The summed E-state index contributed by atoms with van der Waals surface area (Å²) >= 11 is 1.34. The monoisotopic (exact) mass is 478 g/mol. The van der Waals surface area contributed by atoms with E-state index < -0.39 is 5.25 Å². The highest BCUT2D eigenvalue weighted by atomic mass is 32.2. The van der Waals surface area contributed by atoms with E-state index >= 15 is 0 Å². The molecule has 1 heterocycles. The van der Waals surface area contributed by atoms with Gasteiger partial charge >= 0.3 is 0 Å². The summed E-state index contributed by atoms with van der Waals surface area (Å²) in [6.07, 6.45) is 4.36. The van der Waals surface area contributed by atoms with Crippen molar-refractivity contribution >= 4 is 46.0 Å². The number of amidine groups is 1. The van der Waals surface area contributed by atoms with E-state index in [1.807, 2.05) is 30.9 Å².